The molecule has 0 amide bonds. The van der Waals surface area contributed by atoms with Gasteiger partial charge in [0.05, 0.1) is 6.10 Å². The van der Waals surface area contributed by atoms with Crippen LogP contribution < -0.4 is 0 Å². The van der Waals surface area contributed by atoms with Crippen molar-refractivity contribution in [3.8, 4) is 0 Å². The summed E-state index contributed by atoms with van der Waals surface area (Å²) in [6, 6.07) is 0. The van der Waals surface area contributed by atoms with Crippen molar-refractivity contribution in [1.82, 2.24) is 0 Å². The van der Waals surface area contributed by atoms with E-state index in [0.29, 0.717) is 6.42 Å². The third kappa shape index (κ3) is 3.78. The Balaban J connectivity index is 3.32. The zero-order chi connectivity index (χ0) is 7.28. The first kappa shape index (κ1) is 9.27. The molecular formula is C6H14O2S. The van der Waals surface area contributed by atoms with Crippen LogP contribution in [0, 0.1) is 0 Å². The predicted octanol–water partition coefficient (Wildman–Crippen LogP) is 0.829. The second kappa shape index (κ2) is 5.09. The first-order chi connectivity index (χ1) is 4.22. The lowest BCUT2D eigenvalue weighted by atomic mass is 10.2. The largest absolute Gasteiger partial charge is 0.390 e. The van der Waals surface area contributed by atoms with Gasteiger partial charge in [0.2, 0.25) is 0 Å². The highest BCUT2D eigenvalue weighted by Gasteiger charge is 2.12. The molecule has 0 aliphatic rings. The van der Waals surface area contributed by atoms with Gasteiger partial charge >= 0.3 is 0 Å². The number of hydrogen-bond acceptors (Lipinski definition) is 3. The van der Waals surface area contributed by atoms with Crippen molar-refractivity contribution in [3.05, 3.63) is 0 Å². The third-order valence-electron chi connectivity index (χ3n) is 1.16. The second-order valence-corrected chi connectivity index (χ2v) is 2.94. The average molecular weight is 150 g/mol. The Morgan fingerprint density at radius 3 is 2.33 bits per heavy atom. The lowest BCUT2D eigenvalue weighted by Gasteiger charge is -2.13. The highest BCUT2D eigenvalue weighted by atomic mass is 32.2. The zero-order valence-corrected chi connectivity index (χ0v) is 6.69. The van der Waals surface area contributed by atoms with Gasteiger partial charge < -0.3 is 10.2 Å². The SMILES string of the molecule is CCCC(O)C(O)SC. The first-order valence-electron chi connectivity index (χ1n) is 3.11. The van der Waals surface area contributed by atoms with E-state index >= 15 is 0 Å². The van der Waals surface area contributed by atoms with Crippen molar-refractivity contribution >= 4 is 11.8 Å². The lowest BCUT2D eigenvalue weighted by Crippen LogP contribution is -2.21. The predicted molar refractivity (Wildman–Crippen MR) is 40.4 cm³/mol. The highest BCUT2D eigenvalue weighted by molar-refractivity contribution is 7.99. The van der Waals surface area contributed by atoms with Crippen LogP contribution in [-0.4, -0.2) is 28.0 Å². The van der Waals surface area contributed by atoms with Crippen molar-refractivity contribution in [2.75, 3.05) is 6.26 Å². The summed E-state index contributed by atoms with van der Waals surface area (Å²) in [7, 11) is 0. The summed E-state index contributed by atoms with van der Waals surface area (Å²) < 4.78 is 0. The molecule has 0 aromatic heterocycles. The Labute approximate surface area is 60.3 Å². The van der Waals surface area contributed by atoms with Crippen molar-refractivity contribution in [3.63, 3.8) is 0 Å². The molecule has 0 fully saturated rings. The van der Waals surface area contributed by atoms with E-state index in [1.54, 1.807) is 6.26 Å². The van der Waals surface area contributed by atoms with Gasteiger partial charge in [0.15, 0.2) is 0 Å². The maximum atomic E-state index is 9.05. The van der Waals surface area contributed by atoms with Crippen LogP contribution in [0.25, 0.3) is 0 Å². The minimum absolute atomic E-state index is 0.551. The van der Waals surface area contributed by atoms with E-state index in [9.17, 15) is 0 Å². The molecule has 0 radical (unpaired) electrons. The number of rotatable bonds is 4. The van der Waals surface area contributed by atoms with Crippen LogP contribution in [0.2, 0.25) is 0 Å². The van der Waals surface area contributed by atoms with E-state index in [1.165, 1.54) is 11.8 Å². The Kier molecular flexibility index (Phi) is 5.24. The molecule has 0 bridgehead atoms. The summed E-state index contributed by atoms with van der Waals surface area (Å²) in [6.45, 7) is 1.98. The molecule has 0 aromatic rings. The summed E-state index contributed by atoms with van der Waals surface area (Å²) in [4.78, 5) is 0. The fraction of sp³-hybridized carbons (Fsp3) is 1.00. The number of aliphatic hydroxyl groups excluding tert-OH is 2. The number of thioether (sulfide) groups is 1. The minimum Gasteiger partial charge on any atom is -0.390 e. The van der Waals surface area contributed by atoms with Crippen molar-refractivity contribution in [2.24, 2.45) is 0 Å². The summed E-state index contributed by atoms with van der Waals surface area (Å²) in [5, 5.41) is 18.0. The molecule has 2 N–H and O–H groups in total. The molecule has 0 saturated carbocycles. The molecule has 56 valence electrons. The standard InChI is InChI=1S/C6H14O2S/c1-3-4-5(7)6(8)9-2/h5-8H,3-4H2,1-2H3. The Morgan fingerprint density at radius 2 is 2.00 bits per heavy atom. The number of aliphatic hydroxyl groups is 2. The Bertz CT molecular complexity index is 68.1. The van der Waals surface area contributed by atoms with Crippen molar-refractivity contribution in [1.29, 1.82) is 0 Å². The third-order valence-corrected chi connectivity index (χ3v) is 1.95. The van der Waals surface area contributed by atoms with Crippen LogP contribution >= 0.6 is 11.8 Å². The summed E-state index contributed by atoms with van der Waals surface area (Å²) >= 11 is 1.28. The topological polar surface area (TPSA) is 40.5 Å². The quantitative estimate of drug-likeness (QED) is 0.583. The fourth-order valence-corrected chi connectivity index (χ4v) is 1.05. The molecule has 0 spiro atoms. The second-order valence-electron chi connectivity index (χ2n) is 1.98. The molecule has 9 heavy (non-hydrogen) atoms. The van der Waals surface area contributed by atoms with Gasteiger partial charge in [-0.15, -0.1) is 11.8 Å². The molecule has 0 aromatic carbocycles. The molecule has 2 nitrogen and oxygen atoms in total. The minimum atomic E-state index is -0.607. The van der Waals surface area contributed by atoms with E-state index in [4.69, 9.17) is 10.2 Å². The molecule has 0 rings (SSSR count). The van der Waals surface area contributed by atoms with Crippen molar-refractivity contribution in [2.45, 2.75) is 31.3 Å². The van der Waals surface area contributed by atoms with E-state index in [0.717, 1.165) is 6.42 Å². The van der Waals surface area contributed by atoms with Gasteiger partial charge in [-0.25, -0.2) is 0 Å². The normalized spacial score (nSPS) is 17.3. The summed E-state index contributed by atoms with van der Waals surface area (Å²) in [5.41, 5.74) is -0.607. The van der Waals surface area contributed by atoms with Gasteiger partial charge in [0, 0.05) is 0 Å². The first-order valence-corrected chi connectivity index (χ1v) is 4.40. The van der Waals surface area contributed by atoms with Crippen LogP contribution in [0.15, 0.2) is 0 Å². The molecule has 3 heteroatoms. The van der Waals surface area contributed by atoms with Gasteiger partial charge in [-0.05, 0) is 12.7 Å². The Hall–Kier alpha value is 0.270. The smallest absolute Gasteiger partial charge is 0.125 e. The van der Waals surface area contributed by atoms with E-state index in [-0.39, 0.29) is 0 Å². The molecule has 0 aliphatic heterocycles. The van der Waals surface area contributed by atoms with Crippen molar-refractivity contribution < 1.29 is 10.2 Å². The van der Waals surface area contributed by atoms with Crippen LogP contribution in [0.1, 0.15) is 19.8 Å². The lowest BCUT2D eigenvalue weighted by molar-refractivity contribution is 0.0668. The van der Waals surface area contributed by atoms with Gasteiger partial charge in [-0.3, -0.25) is 0 Å². The maximum absolute atomic E-state index is 9.05. The average Bonchev–Trinajstić information content (AvgIpc) is 1.87. The number of hydrogen-bond donors (Lipinski definition) is 2. The van der Waals surface area contributed by atoms with Gasteiger partial charge in [0.25, 0.3) is 0 Å². The molecule has 2 atom stereocenters. The Morgan fingerprint density at radius 1 is 1.44 bits per heavy atom. The summed E-state index contributed by atoms with van der Waals surface area (Å²) in [6.07, 6.45) is 2.83. The fourth-order valence-electron chi connectivity index (χ4n) is 0.595. The maximum Gasteiger partial charge on any atom is 0.125 e. The molecule has 0 saturated heterocycles. The molecule has 0 heterocycles. The molecule has 2 unspecified atom stereocenters. The molecular weight excluding hydrogens is 136 g/mol. The van der Waals surface area contributed by atoms with E-state index in [1.807, 2.05) is 6.92 Å². The van der Waals surface area contributed by atoms with E-state index in [2.05, 4.69) is 0 Å². The van der Waals surface area contributed by atoms with Crippen LogP contribution in [-0.2, 0) is 0 Å². The van der Waals surface area contributed by atoms with Crippen LogP contribution in [0.3, 0.4) is 0 Å². The monoisotopic (exact) mass is 150 g/mol. The highest BCUT2D eigenvalue weighted by Crippen LogP contribution is 2.11. The van der Waals surface area contributed by atoms with Gasteiger partial charge in [0.1, 0.15) is 5.44 Å². The molecule has 0 aliphatic carbocycles. The van der Waals surface area contributed by atoms with Gasteiger partial charge in [-0.1, -0.05) is 13.3 Å². The van der Waals surface area contributed by atoms with Gasteiger partial charge in [-0.2, -0.15) is 0 Å². The van der Waals surface area contributed by atoms with E-state index < -0.39 is 11.5 Å². The zero-order valence-electron chi connectivity index (χ0n) is 5.87. The summed E-state index contributed by atoms with van der Waals surface area (Å²) in [5.74, 6) is 0. The van der Waals surface area contributed by atoms with Crippen LogP contribution in [0.5, 0.6) is 0 Å². The van der Waals surface area contributed by atoms with Crippen LogP contribution in [0.4, 0.5) is 0 Å².